The lowest BCUT2D eigenvalue weighted by molar-refractivity contribution is -0.283. The van der Waals surface area contributed by atoms with Crippen molar-refractivity contribution >= 4 is 23.4 Å². The summed E-state index contributed by atoms with van der Waals surface area (Å²) in [5, 5.41) is 44.1. The molecule has 11 nitrogen and oxygen atoms in total. The van der Waals surface area contributed by atoms with Crippen LogP contribution >= 0.6 is 0 Å². The summed E-state index contributed by atoms with van der Waals surface area (Å²) in [7, 11) is 0. The van der Waals surface area contributed by atoms with Crippen LogP contribution in [-0.4, -0.2) is 97.7 Å². The molecule has 1 aliphatic carbocycles. The van der Waals surface area contributed by atoms with Crippen LogP contribution < -0.4 is 0 Å². The van der Waals surface area contributed by atoms with Crippen LogP contribution in [0.15, 0.2) is 47.6 Å². The summed E-state index contributed by atoms with van der Waals surface area (Å²) in [6.45, 7) is 13.4. The zero-order valence-corrected chi connectivity index (χ0v) is 36.9. The van der Waals surface area contributed by atoms with Crippen LogP contribution in [0.5, 0.6) is 0 Å². The minimum absolute atomic E-state index is 0.0481. The molecule has 1 unspecified atom stereocenters. The number of aliphatic hydroxyl groups is 4. The van der Waals surface area contributed by atoms with E-state index in [0.717, 1.165) is 18.4 Å². The van der Waals surface area contributed by atoms with Gasteiger partial charge in [0.15, 0.2) is 5.79 Å². The molecule has 4 rings (SSSR count). The first-order chi connectivity index (χ1) is 27.9. The van der Waals surface area contributed by atoms with E-state index in [-0.39, 0.29) is 67.0 Å². The van der Waals surface area contributed by atoms with E-state index in [0.29, 0.717) is 75.8 Å². The molecule has 0 spiro atoms. The van der Waals surface area contributed by atoms with E-state index in [2.05, 4.69) is 0 Å². The number of nitrogens with zero attached hydrogens (tertiary/aromatic N) is 1. The first-order valence-corrected chi connectivity index (χ1v) is 22.6. The van der Waals surface area contributed by atoms with Gasteiger partial charge in [0.25, 0.3) is 0 Å². The van der Waals surface area contributed by atoms with Gasteiger partial charge in [0, 0.05) is 43.6 Å². The molecule has 332 valence electrons. The third-order valence-corrected chi connectivity index (χ3v) is 13.6. The zero-order chi connectivity index (χ0) is 43.4. The Morgan fingerprint density at radius 2 is 1.53 bits per heavy atom. The Morgan fingerprint density at radius 1 is 0.814 bits per heavy atom. The van der Waals surface area contributed by atoms with Crippen molar-refractivity contribution in [3.8, 4) is 0 Å². The normalized spacial score (nSPS) is 40.7. The molecule has 1 amide bonds. The number of carbonyl (C=O) groups excluding carboxylic acids is 4. The molecule has 1 saturated carbocycles. The van der Waals surface area contributed by atoms with Crippen LogP contribution in [-0.2, 0) is 28.7 Å². The molecule has 2 saturated heterocycles. The second-order valence-electron chi connectivity index (χ2n) is 18.8. The average Bonchev–Trinajstić information content (AvgIpc) is 3.18. The number of allylic oxidation sites excluding steroid dienone is 6. The number of piperidine rings is 1. The van der Waals surface area contributed by atoms with Gasteiger partial charge in [-0.05, 0) is 113 Å². The molecule has 11 heteroatoms. The lowest BCUT2D eigenvalue weighted by Gasteiger charge is -2.44. The third kappa shape index (κ3) is 14.6. The highest BCUT2D eigenvalue weighted by molar-refractivity contribution is 5.86. The number of ether oxygens (including phenoxy) is 2. The number of fused-ring (bicyclic) bond motifs is 3. The number of ketones is 2. The lowest BCUT2D eigenvalue weighted by atomic mass is 9.79. The fourth-order valence-electron chi connectivity index (χ4n) is 9.32. The summed E-state index contributed by atoms with van der Waals surface area (Å²) in [6, 6.07) is -0.879. The highest BCUT2D eigenvalue weighted by atomic mass is 16.6. The van der Waals surface area contributed by atoms with Gasteiger partial charge >= 0.3 is 5.97 Å². The monoisotopic (exact) mass is 826 g/mol. The number of carbonyl (C=O) groups is 4. The SMILES string of the molecule is C/C1=C\[C@@H](C)C(=O)C[C@@H]([C@H](C)CC2CCC(O)CC2)OC(=O)[C@@H]2CCCCN2C(=O)C[C@]2(O)OC(CC[C@H]2C)C[C@H](O)/C(C)=C/C=C/C=C/[C@@H](C)C[C@@H](C)C(=O)C[C@@H]1O. The fourth-order valence-corrected chi connectivity index (χ4v) is 9.32. The van der Waals surface area contributed by atoms with Gasteiger partial charge in [0.1, 0.15) is 23.7 Å². The Bertz CT molecular complexity index is 1540. The summed E-state index contributed by atoms with van der Waals surface area (Å²) in [4.78, 5) is 56.8. The minimum atomic E-state index is -1.78. The molecule has 4 N–H and O–H groups in total. The van der Waals surface area contributed by atoms with Crippen molar-refractivity contribution in [2.75, 3.05) is 6.54 Å². The third-order valence-electron chi connectivity index (χ3n) is 13.6. The smallest absolute Gasteiger partial charge is 0.329 e. The summed E-state index contributed by atoms with van der Waals surface area (Å²) in [6.07, 6.45) is 15.0. The van der Waals surface area contributed by atoms with E-state index in [1.54, 1.807) is 19.9 Å². The Morgan fingerprint density at radius 3 is 2.24 bits per heavy atom. The Kier molecular flexibility index (Phi) is 18.8. The number of rotatable bonds is 3. The maximum absolute atomic E-state index is 14.2. The van der Waals surface area contributed by atoms with Crippen LogP contribution in [0.2, 0.25) is 0 Å². The number of Topliss-reactive ketones (excluding diaryl/α,β-unsaturated/α-hetero) is 2. The molecule has 59 heavy (non-hydrogen) atoms. The molecular weight excluding hydrogens is 751 g/mol. The first-order valence-electron chi connectivity index (χ1n) is 22.6. The standard InChI is InChI=1S/C48H75NO10/c1-30-13-9-8-10-14-31(2)41(51)26-39-21-16-36(7)48(57,59-39)29-46(55)49-22-12-11-15-40(49)47(56)58-45(35(6)25-37-17-19-38(50)20-18-37)28-44(54)34(5)24-33(4)43(53)27-42(52)32(3)23-30/h8-10,13-14,24,30,32,34-41,43,45,50-51,53,57H,11-12,15-23,25-29H2,1-7H3/b10-8+,13-9+,31-14+,33-24+/t30-,32-,34-,35-,36-,37?,38?,39?,40+,41+,43+,45+,48+/m1/s1. The second kappa shape index (κ2) is 22.8. The number of cyclic esters (lactones) is 1. The molecule has 3 aliphatic heterocycles. The minimum Gasteiger partial charge on any atom is -0.460 e. The summed E-state index contributed by atoms with van der Waals surface area (Å²) >= 11 is 0. The van der Waals surface area contributed by atoms with Crippen LogP contribution in [0.1, 0.15) is 145 Å². The van der Waals surface area contributed by atoms with Crippen molar-refractivity contribution in [1.29, 1.82) is 0 Å². The van der Waals surface area contributed by atoms with Crippen molar-refractivity contribution in [2.24, 2.45) is 35.5 Å². The van der Waals surface area contributed by atoms with Crippen LogP contribution in [0.25, 0.3) is 0 Å². The predicted molar refractivity (Wildman–Crippen MR) is 228 cm³/mol. The van der Waals surface area contributed by atoms with Gasteiger partial charge in [-0.15, -0.1) is 0 Å². The van der Waals surface area contributed by atoms with Gasteiger partial charge in [-0.2, -0.15) is 0 Å². The topological polar surface area (TPSA) is 171 Å². The molecule has 0 aromatic carbocycles. The maximum atomic E-state index is 14.2. The van der Waals surface area contributed by atoms with Crippen LogP contribution in [0.3, 0.4) is 0 Å². The van der Waals surface area contributed by atoms with Crippen molar-refractivity contribution in [3.05, 3.63) is 47.6 Å². The number of hydrogen-bond donors (Lipinski definition) is 4. The van der Waals surface area contributed by atoms with Gasteiger partial charge in [-0.3, -0.25) is 14.4 Å². The van der Waals surface area contributed by atoms with E-state index >= 15 is 0 Å². The quantitative estimate of drug-likeness (QED) is 0.170. The molecule has 0 aromatic heterocycles. The Labute approximate surface area is 353 Å². The highest BCUT2D eigenvalue weighted by Crippen LogP contribution is 2.38. The molecule has 4 aliphatic rings. The van der Waals surface area contributed by atoms with Crippen molar-refractivity contribution in [2.45, 2.75) is 187 Å². The van der Waals surface area contributed by atoms with Crippen molar-refractivity contribution in [3.63, 3.8) is 0 Å². The maximum Gasteiger partial charge on any atom is 0.329 e. The molecule has 3 fully saturated rings. The van der Waals surface area contributed by atoms with Crippen LogP contribution in [0.4, 0.5) is 0 Å². The molecule has 3 heterocycles. The first kappa shape index (κ1) is 48.7. The van der Waals surface area contributed by atoms with Gasteiger partial charge < -0.3 is 34.8 Å². The second-order valence-corrected chi connectivity index (χ2v) is 18.8. The van der Waals surface area contributed by atoms with E-state index in [4.69, 9.17) is 9.47 Å². The number of esters is 1. The lowest BCUT2D eigenvalue weighted by Crippen LogP contribution is -2.54. The van der Waals surface area contributed by atoms with Crippen LogP contribution in [0, 0.1) is 35.5 Å². The van der Waals surface area contributed by atoms with E-state index < -0.39 is 54.0 Å². The number of hydrogen-bond acceptors (Lipinski definition) is 10. The highest BCUT2D eigenvalue weighted by Gasteiger charge is 2.46. The Hall–Kier alpha value is -2.96. The van der Waals surface area contributed by atoms with Gasteiger partial charge in [-0.25, -0.2) is 4.79 Å². The Balaban J connectivity index is 1.61. The summed E-state index contributed by atoms with van der Waals surface area (Å²) < 4.78 is 12.5. The molecular formula is C48H75NO10. The molecule has 0 aromatic rings. The molecule has 2 bridgehead atoms. The molecule has 0 radical (unpaired) electrons. The fraction of sp³-hybridized carbons (Fsp3) is 0.750. The van der Waals surface area contributed by atoms with Crippen molar-refractivity contribution < 1.29 is 49.1 Å². The zero-order valence-electron chi connectivity index (χ0n) is 36.9. The van der Waals surface area contributed by atoms with Gasteiger partial charge in [0.05, 0.1) is 30.8 Å². The summed E-state index contributed by atoms with van der Waals surface area (Å²) in [5.74, 6) is -3.98. The number of aliphatic hydroxyl groups excluding tert-OH is 3. The average molecular weight is 826 g/mol. The van der Waals surface area contributed by atoms with E-state index in [1.165, 1.54) is 4.90 Å². The predicted octanol–water partition coefficient (Wildman–Crippen LogP) is 7.10. The summed E-state index contributed by atoms with van der Waals surface area (Å²) in [5.41, 5.74) is 1.26. The molecule has 11 atom stereocenters. The van der Waals surface area contributed by atoms with E-state index in [9.17, 15) is 39.6 Å². The number of amides is 1. The van der Waals surface area contributed by atoms with Gasteiger partial charge in [0.2, 0.25) is 5.91 Å². The largest absolute Gasteiger partial charge is 0.460 e. The van der Waals surface area contributed by atoms with Gasteiger partial charge in [-0.1, -0.05) is 71.1 Å². The van der Waals surface area contributed by atoms with Crippen molar-refractivity contribution in [1.82, 2.24) is 4.90 Å². The van der Waals surface area contributed by atoms with E-state index in [1.807, 2.05) is 65.0 Å².